The number of amides is 3. The minimum Gasteiger partial charge on any atom is -0.480 e. The van der Waals surface area contributed by atoms with Crippen LogP contribution in [0.3, 0.4) is 0 Å². The minimum absolute atomic E-state index is 0.170. The van der Waals surface area contributed by atoms with Crippen LogP contribution in [0.2, 0.25) is 0 Å². The number of nitrogens with one attached hydrogen (secondary N) is 2. The molecule has 3 atom stereocenters. The second kappa shape index (κ2) is 8.75. The van der Waals surface area contributed by atoms with Gasteiger partial charge in [-0.1, -0.05) is 6.92 Å². The summed E-state index contributed by atoms with van der Waals surface area (Å²) >= 11 is 0. The Morgan fingerprint density at radius 1 is 1.05 bits per heavy atom. The number of carboxylic acids is 1. The molecule has 0 radical (unpaired) electrons. The molecule has 0 aromatic carbocycles. The fraction of sp³-hybridized carbons (Fsp3) is 0.615. The highest BCUT2D eigenvalue weighted by Gasteiger charge is 2.26. The Morgan fingerprint density at radius 3 is 2.00 bits per heavy atom. The average molecular weight is 315 g/mol. The first-order chi connectivity index (χ1) is 10.0. The molecule has 0 aromatic heterocycles. The topological polar surface area (TPSA) is 156 Å². The first kappa shape index (κ1) is 19.6. The van der Waals surface area contributed by atoms with Gasteiger partial charge in [-0.25, -0.2) is 4.79 Å². The van der Waals surface area contributed by atoms with Crippen molar-refractivity contribution in [1.29, 1.82) is 0 Å². The molecule has 0 aromatic rings. The maximum absolute atomic E-state index is 11.9. The second-order valence-corrected chi connectivity index (χ2v) is 5.06. The van der Waals surface area contributed by atoms with Crippen molar-refractivity contribution in [3.8, 4) is 0 Å². The van der Waals surface area contributed by atoms with Crippen molar-refractivity contribution in [2.45, 2.75) is 45.7 Å². The lowest BCUT2D eigenvalue weighted by atomic mass is 9.99. The summed E-state index contributed by atoms with van der Waals surface area (Å²) in [6, 6.07) is -2.18. The number of carbonyl (C=O) groups is 5. The Balaban J connectivity index is 4.58. The van der Waals surface area contributed by atoms with Crippen LogP contribution >= 0.6 is 0 Å². The molecule has 9 nitrogen and oxygen atoms in total. The van der Waals surface area contributed by atoms with Crippen molar-refractivity contribution in [2.75, 3.05) is 0 Å². The van der Waals surface area contributed by atoms with E-state index in [-0.39, 0.29) is 18.1 Å². The highest BCUT2D eigenvalue weighted by atomic mass is 16.4. The van der Waals surface area contributed by atoms with Crippen molar-refractivity contribution in [1.82, 2.24) is 10.6 Å². The summed E-state index contributed by atoms with van der Waals surface area (Å²) in [5, 5.41) is 13.4. The van der Waals surface area contributed by atoms with E-state index in [1.165, 1.54) is 20.8 Å². The molecule has 0 fully saturated rings. The van der Waals surface area contributed by atoms with Gasteiger partial charge in [-0.2, -0.15) is 0 Å². The van der Waals surface area contributed by atoms with E-state index in [1.807, 2.05) is 0 Å². The quantitative estimate of drug-likeness (QED) is 0.408. The van der Waals surface area contributed by atoms with Gasteiger partial charge in [0.1, 0.15) is 6.04 Å². The number of carboxylic acid groups (broad SMARTS) is 1. The second-order valence-electron chi connectivity index (χ2n) is 5.06. The van der Waals surface area contributed by atoms with Crippen LogP contribution in [0.5, 0.6) is 0 Å². The molecule has 0 spiro atoms. The molecular weight excluding hydrogens is 294 g/mol. The van der Waals surface area contributed by atoms with E-state index in [0.717, 1.165) is 0 Å². The molecule has 0 saturated carbocycles. The zero-order valence-electron chi connectivity index (χ0n) is 12.7. The van der Waals surface area contributed by atoms with Crippen LogP contribution < -0.4 is 16.4 Å². The maximum Gasteiger partial charge on any atom is 0.326 e. The molecule has 0 heterocycles. The number of hydrogen-bond donors (Lipinski definition) is 4. The number of aliphatic carboxylic acids is 1. The highest BCUT2D eigenvalue weighted by Crippen LogP contribution is 2.06. The number of nitrogens with two attached hydrogens (primary N) is 1. The zero-order valence-corrected chi connectivity index (χ0v) is 12.7. The lowest BCUT2D eigenvalue weighted by Gasteiger charge is -2.18. The van der Waals surface area contributed by atoms with E-state index >= 15 is 0 Å². The molecule has 0 saturated heterocycles. The van der Waals surface area contributed by atoms with Gasteiger partial charge in [-0.15, -0.1) is 0 Å². The smallest absolute Gasteiger partial charge is 0.326 e. The molecular formula is C13H21N3O6. The summed E-state index contributed by atoms with van der Waals surface area (Å²) in [5.41, 5.74) is 4.90. The van der Waals surface area contributed by atoms with Crippen molar-refractivity contribution in [3.05, 3.63) is 0 Å². The Kier molecular flexibility index (Phi) is 7.78. The lowest BCUT2D eigenvalue weighted by Crippen LogP contribution is -2.46. The lowest BCUT2D eigenvalue weighted by molar-refractivity contribution is -0.144. The number of ketones is 1. The molecule has 0 bridgehead atoms. The van der Waals surface area contributed by atoms with Gasteiger partial charge in [0.05, 0.1) is 12.5 Å². The SMILES string of the molecule is CC(=O)N[C@@H](C)C(=O)C[C@@H](C)C(=O)N[C@@H](CC(N)=O)C(=O)O. The van der Waals surface area contributed by atoms with Gasteiger partial charge >= 0.3 is 5.97 Å². The number of Topliss-reactive ketones (excluding diaryl/α,β-unsaturated/α-hetero) is 1. The molecule has 9 heteroatoms. The third-order valence-corrected chi connectivity index (χ3v) is 2.88. The first-order valence-corrected chi connectivity index (χ1v) is 6.65. The van der Waals surface area contributed by atoms with E-state index in [1.54, 1.807) is 0 Å². The van der Waals surface area contributed by atoms with Crippen LogP contribution in [0, 0.1) is 5.92 Å². The number of rotatable bonds is 9. The van der Waals surface area contributed by atoms with Gasteiger partial charge in [0, 0.05) is 19.3 Å². The Bertz CT molecular complexity index is 476. The third kappa shape index (κ3) is 7.36. The Hall–Kier alpha value is -2.45. The first-order valence-electron chi connectivity index (χ1n) is 6.65. The standard InChI is InChI=1S/C13H21N3O6/c1-6(4-10(18)7(2)15-8(3)17)12(20)16-9(13(21)22)5-11(14)19/h6-7,9H,4-5H2,1-3H3,(H2,14,19)(H,15,17)(H,16,20)(H,21,22)/t6-,7+,9+/m1/s1. The minimum atomic E-state index is -1.43. The van der Waals surface area contributed by atoms with Crippen LogP contribution in [0.15, 0.2) is 0 Å². The largest absolute Gasteiger partial charge is 0.480 e. The van der Waals surface area contributed by atoms with Gasteiger partial charge in [-0.05, 0) is 6.92 Å². The predicted molar refractivity (Wildman–Crippen MR) is 75.4 cm³/mol. The fourth-order valence-electron chi connectivity index (χ4n) is 1.67. The van der Waals surface area contributed by atoms with Crippen molar-refractivity contribution in [3.63, 3.8) is 0 Å². The fourth-order valence-corrected chi connectivity index (χ4v) is 1.67. The van der Waals surface area contributed by atoms with Gasteiger partial charge < -0.3 is 21.5 Å². The molecule has 5 N–H and O–H groups in total. The molecule has 3 amide bonds. The Labute approximate surface area is 127 Å². The summed E-state index contributed by atoms with van der Waals surface area (Å²) in [4.78, 5) is 56.2. The van der Waals surface area contributed by atoms with Crippen LogP contribution in [0.25, 0.3) is 0 Å². The predicted octanol–water partition coefficient (Wildman–Crippen LogP) is -1.45. The summed E-state index contributed by atoms with van der Waals surface area (Å²) in [5.74, 6) is -4.48. The number of carbonyl (C=O) groups excluding carboxylic acids is 4. The van der Waals surface area contributed by atoms with Crippen LogP contribution in [0.1, 0.15) is 33.6 Å². The third-order valence-electron chi connectivity index (χ3n) is 2.88. The maximum atomic E-state index is 11.9. The molecule has 0 aliphatic carbocycles. The zero-order chi connectivity index (χ0) is 17.4. The van der Waals surface area contributed by atoms with Crippen molar-refractivity contribution in [2.24, 2.45) is 11.7 Å². The number of hydrogen-bond acceptors (Lipinski definition) is 5. The van der Waals surface area contributed by atoms with E-state index in [0.29, 0.717) is 0 Å². The normalized spacial score (nSPS) is 14.3. The van der Waals surface area contributed by atoms with Gasteiger partial charge in [0.2, 0.25) is 17.7 Å². The summed E-state index contributed by atoms with van der Waals surface area (Å²) in [6.07, 6.45) is -0.708. The molecule has 0 rings (SSSR count). The van der Waals surface area contributed by atoms with E-state index in [4.69, 9.17) is 10.8 Å². The van der Waals surface area contributed by atoms with E-state index < -0.39 is 42.2 Å². The Morgan fingerprint density at radius 2 is 1.59 bits per heavy atom. The molecule has 0 unspecified atom stereocenters. The van der Waals surface area contributed by atoms with E-state index in [2.05, 4.69) is 10.6 Å². The van der Waals surface area contributed by atoms with Gasteiger partial charge in [-0.3, -0.25) is 19.2 Å². The van der Waals surface area contributed by atoms with Crippen molar-refractivity contribution < 1.29 is 29.1 Å². The summed E-state index contributed by atoms with van der Waals surface area (Å²) in [6.45, 7) is 4.19. The van der Waals surface area contributed by atoms with Crippen LogP contribution in [0.4, 0.5) is 0 Å². The summed E-state index contributed by atoms with van der Waals surface area (Å²) < 4.78 is 0. The molecule has 124 valence electrons. The summed E-state index contributed by atoms with van der Waals surface area (Å²) in [7, 11) is 0. The van der Waals surface area contributed by atoms with Gasteiger partial charge in [0.15, 0.2) is 5.78 Å². The number of primary amides is 1. The van der Waals surface area contributed by atoms with Gasteiger partial charge in [0.25, 0.3) is 0 Å². The van der Waals surface area contributed by atoms with Crippen LogP contribution in [-0.2, 0) is 24.0 Å². The molecule has 22 heavy (non-hydrogen) atoms. The van der Waals surface area contributed by atoms with E-state index in [9.17, 15) is 24.0 Å². The monoisotopic (exact) mass is 315 g/mol. The highest BCUT2D eigenvalue weighted by molar-refractivity contribution is 5.93. The molecule has 0 aliphatic rings. The van der Waals surface area contributed by atoms with Crippen molar-refractivity contribution >= 4 is 29.5 Å². The molecule has 0 aliphatic heterocycles. The van der Waals surface area contributed by atoms with Crippen LogP contribution in [-0.4, -0.2) is 46.7 Å². The average Bonchev–Trinajstić information content (AvgIpc) is 2.35.